The molecule has 2 aliphatic rings. The Bertz CT molecular complexity index is 311. The Labute approximate surface area is 132 Å². The van der Waals surface area contributed by atoms with E-state index in [9.17, 15) is 0 Å². The molecule has 1 N–H and O–H groups in total. The van der Waals surface area contributed by atoms with Gasteiger partial charge >= 0.3 is 0 Å². The van der Waals surface area contributed by atoms with E-state index in [-0.39, 0.29) is 5.54 Å². The molecule has 1 heterocycles. The predicted octanol–water partition coefficient (Wildman–Crippen LogP) is 2.82. The zero-order chi connectivity index (χ0) is 15.5. The molecule has 0 radical (unpaired) electrons. The van der Waals surface area contributed by atoms with Crippen molar-refractivity contribution in [2.24, 2.45) is 11.3 Å². The Hall–Kier alpha value is -0.120. The summed E-state index contributed by atoms with van der Waals surface area (Å²) in [6.07, 6.45) is 4.21. The van der Waals surface area contributed by atoms with Crippen molar-refractivity contribution in [1.29, 1.82) is 0 Å². The Morgan fingerprint density at radius 2 is 1.52 bits per heavy atom. The van der Waals surface area contributed by atoms with E-state index in [4.69, 9.17) is 0 Å². The third-order valence-electron chi connectivity index (χ3n) is 5.18. The number of hydrogen-bond acceptors (Lipinski definition) is 3. The molecule has 1 aliphatic carbocycles. The van der Waals surface area contributed by atoms with Crippen LogP contribution in [0.25, 0.3) is 0 Å². The van der Waals surface area contributed by atoms with Crippen LogP contribution < -0.4 is 5.32 Å². The molecule has 0 spiro atoms. The molecule has 2 rings (SSSR count). The first kappa shape index (κ1) is 17.2. The molecule has 1 atom stereocenters. The van der Waals surface area contributed by atoms with E-state index in [0.29, 0.717) is 5.41 Å². The molecule has 3 heteroatoms. The fraction of sp³-hybridized carbons (Fsp3) is 1.00. The van der Waals surface area contributed by atoms with E-state index in [1.165, 1.54) is 58.5 Å². The van der Waals surface area contributed by atoms with Crippen molar-refractivity contribution in [3.05, 3.63) is 0 Å². The summed E-state index contributed by atoms with van der Waals surface area (Å²) in [5, 5.41) is 3.71. The molecular formula is C18H37N3. The molecule has 1 aliphatic heterocycles. The molecule has 124 valence electrons. The van der Waals surface area contributed by atoms with Crippen LogP contribution in [0.4, 0.5) is 0 Å². The highest BCUT2D eigenvalue weighted by Crippen LogP contribution is 2.30. The highest BCUT2D eigenvalue weighted by molar-refractivity contribution is 4.86. The molecule has 21 heavy (non-hydrogen) atoms. The van der Waals surface area contributed by atoms with E-state index in [1.807, 2.05) is 0 Å². The van der Waals surface area contributed by atoms with Gasteiger partial charge in [-0.25, -0.2) is 0 Å². The molecule has 0 aromatic heterocycles. The zero-order valence-corrected chi connectivity index (χ0v) is 15.0. The first-order valence-electron chi connectivity index (χ1n) is 8.99. The number of piperazine rings is 1. The third kappa shape index (κ3) is 6.25. The molecule has 2 fully saturated rings. The third-order valence-corrected chi connectivity index (χ3v) is 5.18. The zero-order valence-electron chi connectivity index (χ0n) is 15.0. The average molecular weight is 296 g/mol. The molecule has 0 aromatic carbocycles. The van der Waals surface area contributed by atoms with Crippen LogP contribution in [0.1, 0.15) is 53.9 Å². The van der Waals surface area contributed by atoms with Crippen molar-refractivity contribution in [3.63, 3.8) is 0 Å². The minimum atomic E-state index is 0.222. The first-order valence-corrected chi connectivity index (χ1v) is 8.99. The average Bonchev–Trinajstić information content (AvgIpc) is 3.22. The van der Waals surface area contributed by atoms with E-state index in [2.05, 4.69) is 49.7 Å². The van der Waals surface area contributed by atoms with Crippen LogP contribution in [0.15, 0.2) is 0 Å². The second-order valence-electron chi connectivity index (χ2n) is 8.79. The Balaban J connectivity index is 1.73. The SMILES string of the molecule is CCC(C)(CNC(C)(C)C)CN1CCN(CC2CC2)CC1. The first-order chi connectivity index (χ1) is 9.80. The minimum absolute atomic E-state index is 0.222. The van der Waals surface area contributed by atoms with Gasteiger partial charge in [0.25, 0.3) is 0 Å². The Morgan fingerprint density at radius 3 is 2.00 bits per heavy atom. The molecular weight excluding hydrogens is 258 g/mol. The van der Waals surface area contributed by atoms with Crippen molar-refractivity contribution < 1.29 is 0 Å². The maximum Gasteiger partial charge on any atom is 0.0110 e. The number of rotatable bonds is 7. The van der Waals surface area contributed by atoms with Gasteiger partial charge in [-0.15, -0.1) is 0 Å². The van der Waals surface area contributed by atoms with Gasteiger partial charge in [0, 0.05) is 51.4 Å². The summed E-state index contributed by atoms with van der Waals surface area (Å²) in [4.78, 5) is 5.38. The van der Waals surface area contributed by atoms with Crippen LogP contribution >= 0.6 is 0 Å². The molecule has 1 unspecified atom stereocenters. The van der Waals surface area contributed by atoms with Crippen LogP contribution in [0, 0.1) is 11.3 Å². The van der Waals surface area contributed by atoms with Crippen molar-refractivity contribution in [2.75, 3.05) is 45.8 Å². The summed E-state index contributed by atoms with van der Waals surface area (Å²) in [7, 11) is 0. The lowest BCUT2D eigenvalue weighted by Crippen LogP contribution is -2.52. The van der Waals surface area contributed by atoms with Crippen molar-refractivity contribution >= 4 is 0 Å². The number of nitrogens with zero attached hydrogens (tertiary/aromatic N) is 2. The largest absolute Gasteiger partial charge is 0.311 e. The lowest BCUT2D eigenvalue weighted by Gasteiger charge is -2.41. The summed E-state index contributed by atoms with van der Waals surface area (Å²) < 4.78 is 0. The van der Waals surface area contributed by atoms with Gasteiger partial charge in [0.2, 0.25) is 0 Å². The monoisotopic (exact) mass is 295 g/mol. The van der Waals surface area contributed by atoms with Gasteiger partial charge in [-0.1, -0.05) is 13.8 Å². The summed E-state index contributed by atoms with van der Waals surface area (Å²) in [6.45, 7) is 20.4. The van der Waals surface area contributed by atoms with Gasteiger partial charge in [-0.05, 0) is 51.4 Å². The van der Waals surface area contributed by atoms with Crippen LogP contribution in [0.5, 0.6) is 0 Å². The standard InChI is InChI=1S/C18H37N3/c1-6-18(5,14-19-17(2,3)4)15-21-11-9-20(10-12-21)13-16-7-8-16/h16,19H,6-15H2,1-5H3. The summed E-state index contributed by atoms with van der Waals surface area (Å²) >= 11 is 0. The highest BCUT2D eigenvalue weighted by atomic mass is 15.3. The van der Waals surface area contributed by atoms with Gasteiger partial charge in [0.05, 0.1) is 0 Å². The predicted molar refractivity (Wildman–Crippen MR) is 91.8 cm³/mol. The Morgan fingerprint density at radius 1 is 0.952 bits per heavy atom. The van der Waals surface area contributed by atoms with Crippen molar-refractivity contribution in [2.45, 2.75) is 59.4 Å². The van der Waals surface area contributed by atoms with Crippen molar-refractivity contribution in [1.82, 2.24) is 15.1 Å². The lowest BCUT2D eigenvalue weighted by molar-refractivity contribution is 0.0831. The van der Waals surface area contributed by atoms with Crippen LogP contribution in [-0.4, -0.2) is 61.2 Å². The summed E-state index contributed by atoms with van der Waals surface area (Å²) in [5.41, 5.74) is 0.616. The number of hydrogen-bond donors (Lipinski definition) is 1. The topological polar surface area (TPSA) is 18.5 Å². The van der Waals surface area contributed by atoms with Crippen LogP contribution in [0.3, 0.4) is 0 Å². The smallest absolute Gasteiger partial charge is 0.0110 e. The van der Waals surface area contributed by atoms with E-state index >= 15 is 0 Å². The normalized spacial score (nSPS) is 25.0. The lowest BCUT2D eigenvalue weighted by atomic mass is 9.85. The molecule has 0 bridgehead atoms. The van der Waals surface area contributed by atoms with Crippen LogP contribution in [0.2, 0.25) is 0 Å². The molecule has 0 amide bonds. The van der Waals surface area contributed by atoms with Gasteiger partial charge in [0.1, 0.15) is 0 Å². The fourth-order valence-corrected chi connectivity index (χ4v) is 3.11. The maximum atomic E-state index is 3.71. The Kier molecular flexibility index (Phi) is 5.72. The van der Waals surface area contributed by atoms with E-state index < -0.39 is 0 Å². The van der Waals surface area contributed by atoms with E-state index in [0.717, 1.165) is 12.5 Å². The maximum absolute atomic E-state index is 3.71. The molecule has 1 saturated heterocycles. The quantitative estimate of drug-likeness (QED) is 0.779. The van der Waals surface area contributed by atoms with Crippen LogP contribution in [-0.2, 0) is 0 Å². The van der Waals surface area contributed by atoms with Gasteiger partial charge in [-0.2, -0.15) is 0 Å². The van der Waals surface area contributed by atoms with Gasteiger partial charge in [-0.3, -0.25) is 0 Å². The molecule has 3 nitrogen and oxygen atoms in total. The molecule has 1 saturated carbocycles. The summed E-state index contributed by atoms with van der Waals surface area (Å²) in [6, 6.07) is 0. The molecule has 0 aromatic rings. The van der Waals surface area contributed by atoms with Gasteiger partial charge in [0.15, 0.2) is 0 Å². The summed E-state index contributed by atoms with van der Waals surface area (Å²) in [5.74, 6) is 1.04. The van der Waals surface area contributed by atoms with Gasteiger partial charge < -0.3 is 15.1 Å². The number of nitrogens with one attached hydrogen (secondary N) is 1. The minimum Gasteiger partial charge on any atom is -0.311 e. The second-order valence-corrected chi connectivity index (χ2v) is 8.79. The highest BCUT2D eigenvalue weighted by Gasteiger charge is 2.30. The van der Waals surface area contributed by atoms with Crippen molar-refractivity contribution in [3.8, 4) is 0 Å². The second kappa shape index (κ2) is 6.97. The fourth-order valence-electron chi connectivity index (χ4n) is 3.11. The van der Waals surface area contributed by atoms with E-state index in [1.54, 1.807) is 0 Å².